The van der Waals surface area contributed by atoms with Gasteiger partial charge in [-0.15, -0.1) is 0 Å². The Balaban J connectivity index is 1.44. The number of benzene rings is 2. The molecule has 1 aromatic heterocycles. The topological polar surface area (TPSA) is 33.1 Å². The first-order valence-corrected chi connectivity index (χ1v) is 12.3. The first kappa shape index (κ1) is 23.2. The molecule has 0 bridgehead atoms. The third kappa shape index (κ3) is 4.82. The van der Waals surface area contributed by atoms with Gasteiger partial charge < -0.3 is 5.32 Å². The molecule has 5 rings (SSSR count). The second-order valence-electron chi connectivity index (χ2n) is 9.21. The minimum atomic E-state index is -4.44. The number of likely N-dealkylation sites (tertiary alicyclic amines) is 1. The normalized spacial score (nSPS) is 17.8. The fourth-order valence-electron chi connectivity index (χ4n) is 5.09. The van der Waals surface area contributed by atoms with Gasteiger partial charge in [0.15, 0.2) is 0 Å². The van der Waals surface area contributed by atoms with E-state index >= 15 is 0 Å². The second-order valence-corrected chi connectivity index (χ2v) is 9.62. The fraction of sp³-hybridized carbons (Fsp3) is 0.423. The van der Waals surface area contributed by atoms with E-state index in [2.05, 4.69) is 34.5 Å². The molecule has 180 valence electrons. The highest BCUT2D eigenvalue weighted by molar-refractivity contribution is 6.32. The van der Waals surface area contributed by atoms with Gasteiger partial charge >= 0.3 is 6.18 Å². The summed E-state index contributed by atoms with van der Waals surface area (Å²) in [6.45, 7) is 3.64. The molecule has 0 saturated carbocycles. The molecule has 2 aromatic carbocycles. The van der Waals surface area contributed by atoms with Crippen LogP contribution in [0.3, 0.4) is 0 Å². The van der Waals surface area contributed by atoms with Crippen molar-refractivity contribution in [2.24, 2.45) is 0 Å². The van der Waals surface area contributed by atoms with Crippen LogP contribution in [0.5, 0.6) is 0 Å². The zero-order chi connectivity index (χ0) is 23.7. The lowest BCUT2D eigenvalue weighted by Crippen LogP contribution is -2.32. The Morgan fingerprint density at radius 1 is 1.03 bits per heavy atom. The van der Waals surface area contributed by atoms with E-state index in [4.69, 9.17) is 16.7 Å². The molecule has 0 atom stereocenters. The Bertz CT molecular complexity index is 1130. The zero-order valence-corrected chi connectivity index (χ0v) is 19.7. The molecule has 0 amide bonds. The number of fused-ring (bicyclic) bond motifs is 1. The highest BCUT2D eigenvalue weighted by Gasteiger charge is 2.33. The predicted molar refractivity (Wildman–Crippen MR) is 129 cm³/mol. The Morgan fingerprint density at radius 3 is 2.53 bits per heavy atom. The third-order valence-corrected chi connectivity index (χ3v) is 7.21. The number of hydrogen-bond donors (Lipinski definition) is 1. The van der Waals surface area contributed by atoms with Crippen molar-refractivity contribution in [3.05, 3.63) is 75.9 Å². The van der Waals surface area contributed by atoms with Gasteiger partial charge in [-0.1, -0.05) is 41.9 Å². The maximum atomic E-state index is 13.4. The summed E-state index contributed by atoms with van der Waals surface area (Å²) in [6.07, 6.45) is 0.435. The van der Waals surface area contributed by atoms with Crippen molar-refractivity contribution >= 4 is 17.4 Å². The predicted octanol–water partition coefficient (Wildman–Crippen LogP) is 6.67. The zero-order valence-electron chi connectivity index (χ0n) is 18.9. The summed E-state index contributed by atoms with van der Waals surface area (Å²) in [5.74, 6) is 1.08. The highest BCUT2D eigenvalue weighted by Crippen LogP contribution is 2.39. The number of nitrogens with zero attached hydrogens (tertiary/aromatic N) is 3. The standard InChI is InChI=1S/C26H28ClF3N4/c27-22-10-9-20(26(28,29)30)16-23(22)34-25-21(8-4-5-13-31-25)24(32-34)19-11-14-33(15-12-19)17-18-6-2-1-3-7-18/h1-3,6-7,9-10,16,19,31H,4-5,8,11-15,17H2. The summed E-state index contributed by atoms with van der Waals surface area (Å²) in [5, 5.41) is 8.59. The van der Waals surface area contributed by atoms with Crippen LogP contribution in [0, 0.1) is 0 Å². The van der Waals surface area contributed by atoms with Crippen LogP contribution in [0.15, 0.2) is 48.5 Å². The van der Waals surface area contributed by atoms with Crippen LogP contribution in [0.4, 0.5) is 19.0 Å². The second kappa shape index (κ2) is 9.62. The van der Waals surface area contributed by atoms with Crippen molar-refractivity contribution in [3.8, 4) is 5.69 Å². The molecule has 4 nitrogen and oxygen atoms in total. The molecule has 0 aliphatic carbocycles. The minimum absolute atomic E-state index is 0.258. The van der Waals surface area contributed by atoms with E-state index in [9.17, 15) is 13.2 Å². The van der Waals surface area contributed by atoms with Crippen LogP contribution in [0.25, 0.3) is 5.69 Å². The first-order valence-electron chi connectivity index (χ1n) is 11.9. The van der Waals surface area contributed by atoms with E-state index in [0.717, 1.165) is 87.5 Å². The summed E-state index contributed by atoms with van der Waals surface area (Å²) in [5.41, 5.74) is 3.00. The Hall–Kier alpha value is -2.51. The number of hydrogen-bond acceptors (Lipinski definition) is 3. The smallest absolute Gasteiger partial charge is 0.370 e. The van der Waals surface area contributed by atoms with Crippen molar-refractivity contribution in [1.29, 1.82) is 0 Å². The lowest BCUT2D eigenvalue weighted by molar-refractivity contribution is -0.137. The van der Waals surface area contributed by atoms with Crippen LogP contribution in [0.2, 0.25) is 5.02 Å². The molecule has 1 N–H and O–H groups in total. The lowest BCUT2D eigenvalue weighted by Gasteiger charge is -2.31. The Morgan fingerprint density at radius 2 is 1.79 bits per heavy atom. The van der Waals surface area contributed by atoms with Crippen LogP contribution in [0.1, 0.15) is 54.0 Å². The monoisotopic (exact) mass is 488 g/mol. The summed E-state index contributed by atoms with van der Waals surface area (Å²) in [7, 11) is 0. The van der Waals surface area contributed by atoms with E-state index in [1.54, 1.807) is 4.68 Å². The summed E-state index contributed by atoms with van der Waals surface area (Å²) in [4.78, 5) is 2.46. The van der Waals surface area contributed by atoms with Gasteiger partial charge in [0, 0.05) is 24.6 Å². The largest absolute Gasteiger partial charge is 0.416 e. The first-order chi connectivity index (χ1) is 16.4. The molecule has 0 spiro atoms. The minimum Gasteiger partial charge on any atom is -0.370 e. The van der Waals surface area contributed by atoms with Crippen molar-refractivity contribution in [2.75, 3.05) is 25.0 Å². The van der Waals surface area contributed by atoms with Crippen molar-refractivity contribution in [1.82, 2.24) is 14.7 Å². The van der Waals surface area contributed by atoms with Gasteiger partial charge in [0.05, 0.1) is 22.0 Å². The fourth-order valence-corrected chi connectivity index (χ4v) is 5.29. The number of nitrogens with one attached hydrogen (secondary N) is 1. The van der Waals surface area contributed by atoms with Gasteiger partial charge in [-0.05, 0) is 69.0 Å². The lowest BCUT2D eigenvalue weighted by atomic mass is 9.90. The van der Waals surface area contributed by atoms with Crippen molar-refractivity contribution < 1.29 is 13.2 Å². The van der Waals surface area contributed by atoms with Gasteiger partial charge in [0.1, 0.15) is 5.82 Å². The van der Waals surface area contributed by atoms with Gasteiger partial charge in [0.2, 0.25) is 0 Å². The SMILES string of the molecule is FC(F)(F)c1ccc(Cl)c(-n2nc(C3CCN(Cc4ccccc4)CC3)c3c2NCCCC3)c1. The molecule has 1 saturated heterocycles. The number of anilines is 1. The molecule has 3 heterocycles. The maximum absolute atomic E-state index is 13.4. The maximum Gasteiger partial charge on any atom is 0.416 e. The van der Waals surface area contributed by atoms with Gasteiger partial charge in [-0.2, -0.15) is 18.3 Å². The quantitative estimate of drug-likeness (QED) is 0.445. The number of piperidine rings is 1. The molecule has 1 fully saturated rings. The van der Waals surface area contributed by atoms with Gasteiger partial charge in [-0.3, -0.25) is 4.90 Å². The Labute approximate surface area is 202 Å². The number of rotatable bonds is 4. The molecule has 0 unspecified atom stereocenters. The summed E-state index contributed by atoms with van der Waals surface area (Å²) < 4.78 is 41.9. The number of alkyl halides is 3. The van der Waals surface area contributed by atoms with E-state index < -0.39 is 11.7 Å². The average Bonchev–Trinajstić information content (AvgIpc) is 3.00. The van der Waals surface area contributed by atoms with E-state index in [1.807, 2.05) is 6.07 Å². The molecule has 2 aliphatic heterocycles. The summed E-state index contributed by atoms with van der Waals surface area (Å²) in [6, 6.07) is 13.9. The van der Waals surface area contributed by atoms with Crippen molar-refractivity contribution in [3.63, 3.8) is 0 Å². The van der Waals surface area contributed by atoms with Gasteiger partial charge in [-0.25, -0.2) is 4.68 Å². The van der Waals surface area contributed by atoms with Crippen LogP contribution in [-0.4, -0.2) is 34.3 Å². The molecular weight excluding hydrogens is 461 g/mol. The van der Waals surface area contributed by atoms with Crippen molar-refractivity contribution in [2.45, 2.75) is 50.7 Å². The summed E-state index contributed by atoms with van der Waals surface area (Å²) >= 11 is 6.39. The highest BCUT2D eigenvalue weighted by atomic mass is 35.5. The molecule has 34 heavy (non-hydrogen) atoms. The molecule has 2 aliphatic rings. The van der Waals surface area contributed by atoms with Crippen LogP contribution in [-0.2, 0) is 19.1 Å². The molecule has 0 radical (unpaired) electrons. The van der Waals surface area contributed by atoms with E-state index in [-0.39, 0.29) is 16.6 Å². The van der Waals surface area contributed by atoms with Crippen LogP contribution < -0.4 is 5.32 Å². The van der Waals surface area contributed by atoms with E-state index in [1.165, 1.54) is 11.6 Å². The van der Waals surface area contributed by atoms with E-state index in [0.29, 0.717) is 0 Å². The molecule has 3 aromatic rings. The third-order valence-electron chi connectivity index (χ3n) is 6.89. The number of aromatic nitrogens is 2. The van der Waals surface area contributed by atoms with Gasteiger partial charge in [0.25, 0.3) is 0 Å². The molecule has 8 heteroatoms. The van der Waals surface area contributed by atoms with Crippen LogP contribution >= 0.6 is 11.6 Å². The average molecular weight is 489 g/mol. The molecular formula is C26H28ClF3N4. The number of halogens is 4. The Kier molecular flexibility index (Phi) is 6.58.